The summed E-state index contributed by atoms with van der Waals surface area (Å²) in [5.41, 5.74) is 5.42. The zero-order valence-electron chi connectivity index (χ0n) is 10.9. The summed E-state index contributed by atoms with van der Waals surface area (Å²) in [6.07, 6.45) is -0.00691. The van der Waals surface area contributed by atoms with Crippen LogP contribution < -0.4 is 5.73 Å². The third-order valence-corrected chi connectivity index (χ3v) is 3.26. The molecule has 0 aromatic carbocycles. The van der Waals surface area contributed by atoms with Crippen LogP contribution in [0.1, 0.15) is 25.7 Å². The van der Waals surface area contributed by atoms with Crippen LogP contribution >= 0.6 is 0 Å². The molecule has 2 N–H and O–H groups in total. The highest BCUT2D eigenvalue weighted by molar-refractivity contribution is 4.71. The maximum atomic E-state index is 12.3. The van der Waals surface area contributed by atoms with Crippen LogP contribution in [0.15, 0.2) is 0 Å². The van der Waals surface area contributed by atoms with Crippen LogP contribution in [0.25, 0.3) is 0 Å². The van der Waals surface area contributed by atoms with Gasteiger partial charge >= 0.3 is 6.18 Å². The summed E-state index contributed by atoms with van der Waals surface area (Å²) < 4.78 is 36.9. The smallest absolute Gasteiger partial charge is 0.330 e. The highest BCUT2D eigenvalue weighted by atomic mass is 19.4. The van der Waals surface area contributed by atoms with E-state index in [-0.39, 0.29) is 0 Å². The number of unbranched alkanes of at least 4 members (excludes halogenated alkanes) is 2. The number of nitrogens with two attached hydrogens (primary N) is 1. The summed E-state index contributed by atoms with van der Waals surface area (Å²) in [5, 5.41) is 0. The van der Waals surface area contributed by atoms with E-state index in [1.807, 2.05) is 0 Å². The lowest BCUT2D eigenvalue weighted by molar-refractivity contribution is -0.145. The van der Waals surface area contributed by atoms with E-state index in [1.165, 1.54) is 4.90 Å². The Morgan fingerprint density at radius 2 is 1.56 bits per heavy atom. The molecule has 0 unspecified atom stereocenters. The van der Waals surface area contributed by atoms with E-state index in [1.54, 1.807) is 0 Å². The molecule has 0 radical (unpaired) electrons. The minimum absolute atomic E-state index is 0.524. The van der Waals surface area contributed by atoms with E-state index in [9.17, 15) is 13.2 Å². The third kappa shape index (κ3) is 7.18. The van der Waals surface area contributed by atoms with Gasteiger partial charge < -0.3 is 10.6 Å². The number of rotatable bonds is 6. The largest absolute Gasteiger partial charge is 0.401 e. The van der Waals surface area contributed by atoms with E-state index in [4.69, 9.17) is 5.73 Å². The predicted octanol–water partition coefficient (Wildman–Crippen LogP) is 1.69. The molecule has 0 bridgehead atoms. The molecule has 0 saturated carbocycles. The highest BCUT2D eigenvalue weighted by Crippen LogP contribution is 2.17. The second-order valence-corrected chi connectivity index (χ2v) is 4.94. The summed E-state index contributed by atoms with van der Waals surface area (Å²) in [6.45, 7) is 3.68. The Morgan fingerprint density at radius 3 is 2.22 bits per heavy atom. The lowest BCUT2D eigenvalue weighted by Crippen LogP contribution is -2.37. The van der Waals surface area contributed by atoms with E-state index in [0.717, 1.165) is 51.9 Å². The van der Waals surface area contributed by atoms with Gasteiger partial charge in [-0.15, -0.1) is 0 Å². The van der Waals surface area contributed by atoms with Crippen molar-refractivity contribution in [1.82, 2.24) is 9.80 Å². The van der Waals surface area contributed by atoms with Crippen molar-refractivity contribution in [3.8, 4) is 0 Å². The second kappa shape index (κ2) is 7.96. The molecule has 1 rings (SSSR count). The fourth-order valence-corrected chi connectivity index (χ4v) is 2.32. The van der Waals surface area contributed by atoms with E-state index in [0.29, 0.717) is 13.1 Å². The first-order valence-corrected chi connectivity index (χ1v) is 6.73. The Balaban J connectivity index is 2.20. The maximum Gasteiger partial charge on any atom is 0.401 e. The van der Waals surface area contributed by atoms with Crippen LogP contribution in [-0.4, -0.2) is 61.8 Å². The first kappa shape index (κ1) is 15.7. The summed E-state index contributed by atoms with van der Waals surface area (Å²) in [4.78, 5) is 3.78. The first-order valence-electron chi connectivity index (χ1n) is 6.73. The fraction of sp³-hybridized carbons (Fsp3) is 1.00. The molecule has 0 aromatic rings. The van der Waals surface area contributed by atoms with Crippen LogP contribution in [-0.2, 0) is 0 Å². The molecule has 108 valence electrons. The third-order valence-electron chi connectivity index (χ3n) is 3.26. The predicted molar refractivity (Wildman–Crippen MR) is 66.5 cm³/mol. The average Bonchev–Trinajstić information content (AvgIpc) is 2.48. The number of alkyl halides is 3. The minimum Gasteiger partial charge on any atom is -0.330 e. The normalized spacial score (nSPS) is 20.0. The monoisotopic (exact) mass is 267 g/mol. The van der Waals surface area contributed by atoms with Crippen molar-refractivity contribution in [2.75, 3.05) is 45.8 Å². The van der Waals surface area contributed by atoms with Gasteiger partial charge in [-0.1, -0.05) is 6.42 Å². The number of hydrogen-bond acceptors (Lipinski definition) is 3. The van der Waals surface area contributed by atoms with Gasteiger partial charge in [0.05, 0.1) is 6.54 Å². The fourth-order valence-electron chi connectivity index (χ4n) is 2.32. The molecule has 0 atom stereocenters. The molecule has 1 heterocycles. The van der Waals surface area contributed by atoms with Gasteiger partial charge in [-0.3, -0.25) is 4.90 Å². The Morgan fingerprint density at radius 1 is 0.889 bits per heavy atom. The molecule has 0 amide bonds. The Bertz CT molecular complexity index is 221. The molecule has 3 nitrogen and oxygen atoms in total. The molecule has 1 aliphatic heterocycles. The van der Waals surface area contributed by atoms with E-state index >= 15 is 0 Å². The van der Waals surface area contributed by atoms with Gasteiger partial charge in [-0.2, -0.15) is 13.2 Å². The van der Waals surface area contributed by atoms with Crippen LogP contribution in [0.5, 0.6) is 0 Å². The maximum absolute atomic E-state index is 12.3. The molecule has 18 heavy (non-hydrogen) atoms. The van der Waals surface area contributed by atoms with E-state index in [2.05, 4.69) is 4.90 Å². The molecule has 1 fully saturated rings. The number of halogens is 3. The van der Waals surface area contributed by atoms with Crippen molar-refractivity contribution in [3.05, 3.63) is 0 Å². The SMILES string of the molecule is NCCCCCN1CCCN(CC(F)(F)F)CC1. The number of hydrogen-bond donors (Lipinski definition) is 1. The van der Waals surface area contributed by atoms with Gasteiger partial charge in [-0.25, -0.2) is 0 Å². The quantitative estimate of drug-likeness (QED) is 0.743. The Labute approximate surface area is 107 Å². The summed E-state index contributed by atoms with van der Waals surface area (Å²) in [6, 6.07) is 0. The van der Waals surface area contributed by atoms with Gasteiger partial charge in [0.25, 0.3) is 0 Å². The standard InChI is InChI=1S/C12H24F3N3/c13-12(14,15)11-18-8-4-7-17(9-10-18)6-3-1-2-5-16/h1-11,16H2. The van der Waals surface area contributed by atoms with Gasteiger partial charge in [0.2, 0.25) is 0 Å². The molecule has 0 aromatic heterocycles. The molecular weight excluding hydrogens is 243 g/mol. The molecular formula is C12H24F3N3. The molecule has 0 aliphatic carbocycles. The molecule has 1 aliphatic rings. The highest BCUT2D eigenvalue weighted by Gasteiger charge is 2.31. The van der Waals surface area contributed by atoms with Crippen LogP contribution in [0.2, 0.25) is 0 Å². The zero-order valence-corrected chi connectivity index (χ0v) is 10.9. The van der Waals surface area contributed by atoms with Crippen molar-refractivity contribution in [2.45, 2.75) is 31.9 Å². The van der Waals surface area contributed by atoms with Crippen molar-refractivity contribution in [1.29, 1.82) is 0 Å². The number of nitrogens with zero attached hydrogens (tertiary/aromatic N) is 2. The summed E-state index contributed by atoms with van der Waals surface area (Å²) >= 11 is 0. The second-order valence-electron chi connectivity index (χ2n) is 4.94. The lowest BCUT2D eigenvalue weighted by atomic mass is 10.2. The zero-order chi connectivity index (χ0) is 13.4. The molecule has 1 saturated heterocycles. The van der Waals surface area contributed by atoms with Gasteiger partial charge in [0, 0.05) is 13.1 Å². The molecule has 6 heteroatoms. The van der Waals surface area contributed by atoms with Crippen molar-refractivity contribution in [3.63, 3.8) is 0 Å². The van der Waals surface area contributed by atoms with Gasteiger partial charge in [-0.05, 0) is 45.4 Å². The molecule has 0 spiro atoms. The first-order chi connectivity index (χ1) is 8.51. The van der Waals surface area contributed by atoms with Gasteiger partial charge in [0.1, 0.15) is 0 Å². The van der Waals surface area contributed by atoms with Crippen LogP contribution in [0, 0.1) is 0 Å². The van der Waals surface area contributed by atoms with Crippen molar-refractivity contribution >= 4 is 0 Å². The van der Waals surface area contributed by atoms with Crippen LogP contribution in [0.4, 0.5) is 13.2 Å². The Kier molecular flexibility index (Phi) is 6.96. The summed E-state index contributed by atoms with van der Waals surface area (Å²) in [5.74, 6) is 0. The van der Waals surface area contributed by atoms with E-state index < -0.39 is 12.7 Å². The minimum atomic E-state index is -4.07. The topological polar surface area (TPSA) is 32.5 Å². The van der Waals surface area contributed by atoms with Gasteiger partial charge in [0.15, 0.2) is 0 Å². The van der Waals surface area contributed by atoms with Crippen molar-refractivity contribution in [2.24, 2.45) is 5.73 Å². The van der Waals surface area contributed by atoms with Crippen molar-refractivity contribution < 1.29 is 13.2 Å². The van der Waals surface area contributed by atoms with Crippen LogP contribution in [0.3, 0.4) is 0 Å². The Hall–Kier alpha value is -0.330. The summed E-state index contributed by atoms with van der Waals surface area (Å²) in [7, 11) is 0. The lowest BCUT2D eigenvalue weighted by Gasteiger charge is -2.22. The average molecular weight is 267 g/mol.